The molecule has 68 heavy (non-hydrogen) atoms. The molecule has 9 rings (SSSR count). The number of esters is 2. The topological polar surface area (TPSA) is 142 Å². The molecule has 0 saturated carbocycles. The molecule has 11 nitrogen and oxygen atoms in total. The van der Waals surface area contributed by atoms with E-state index < -0.39 is 51.8 Å². The number of non-ortho nitro benzene ring substituents is 1. The molecule has 13 heteroatoms. The summed E-state index contributed by atoms with van der Waals surface area (Å²) in [5, 5.41) is 17.1. The molecule has 0 aliphatic carbocycles. The molecule has 1 aliphatic heterocycles. The molecule has 0 bridgehead atoms. The van der Waals surface area contributed by atoms with Gasteiger partial charge < -0.3 is 14.0 Å². The van der Waals surface area contributed by atoms with Gasteiger partial charge in [-0.3, -0.25) is 24.6 Å². The zero-order valence-corrected chi connectivity index (χ0v) is 38.4. The van der Waals surface area contributed by atoms with Gasteiger partial charge in [0, 0.05) is 32.0 Å². The fraction of sp³-hybridized carbons (Fsp3) is 0.109. The van der Waals surface area contributed by atoms with Gasteiger partial charge in [0.2, 0.25) is 5.91 Å². The lowest BCUT2D eigenvalue weighted by Gasteiger charge is -2.53. The van der Waals surface area contributed by atoms with Crippen molar-refractivity contribution in [1.82, 2.24) is 10.1 Å². The van der Waals surface area contributed by atoms with E-state index in [-0.39, 0.29) is 23.4 Å². The van der Waals surface area contributed by atoms with Crippen LogP contribution in [0, 0.1) is 16.0 Å². The number of carbonyl (C=O) groups excluding carboxylic acids is 3. The maximum absolute atomic E-state index is 16.0. The Kier molecular flexibility index (Phi) is 13.3. The molecule has 8 aromatic rings. The van der Waals surface area contributed by atoms with E-state index in [1.165, 1.54) is 49.2 Å². The van der Waals surface area contributed by atoms with Crippen LogP contribution in [0.4, 0.5) is 5.69 Å². The maximum atomic E-state index is 16.0. The molecule has 1 fully saturated rings. The van der Waals surface area contributed by atoms with Crippen molar-refractivity contribution >= 4 is 63.5 Å². The van der Waals surface area contributed by atoms with Gasteiger partial charge in [0.15, 0.2) is 6.10 Å². The lowest BCUT2D eigenvalue weighted by Crippen LogP contribution is -2.67. The average Bonchev–Trinajstić information content (AvgIpc) is 3.94. The van der Waals surface area contributed by atoms with Crippen LogP contribution in [0.5, 0.6) is 0 Å². The minimum atomic E-state index is -3.48. The molecule has 3 atom stereocenters. The number of nitro benzene ring substituents is 1. The molecule has 1 aromatic heterocycles. The number of benzene rings is 7. The number of thioether (sulfide) groups is 1. The quantitative estimate of drug-likeness (QED) is 0.0230. The summed E-state index contributed by atoms with van der Waals surface area (Å²) in [4.78, 5) is 57.8. The first kappa shape index (κ1) is 45.4. The first-order valence-electron chi connectivity index (χ1n) is 21.8. The Morgan fingerprint density at radius 2 is 1.13 bits per heavy atom. The number of nitro groups is 1. The van der Waals surface area contributed by atoms with E-state index in [0.29, 0.717) is 5.56 Å². The van der Waals surface area contributed by atoms with Crippen LogP contribution in [0.2, 0.25) is 0 Å². The average molecular weight is 938 g/mol. The molecule has 0 spiro atoms. The summed E-state index contributed by atoms with van der Waals surface area (Å²) in [5.41, 5.74) is 3.38. The summed E-state index contributed by atoms with van der Waals surface area (Å²) < 4.78 is 16.8. The smallest absolute Gasteiger partial charge is 0.356 e. The van der Waals surface area contributed by atoms with Crippen molar-refractivity contribution in [2.24, 2.45) is 5.92 Å². The number of carbonyl (C=O) groups is 3. The van der Waals surface area contributed by atoms with E-state index in [4.69, 9.17) is 14.0 Å². The second-order valence-electron chi connectivity index (χ2n) is 16.0. The molecule has 1 saturated heterocycles. The number of β-lactam (4-membered cyclic amide) rings is 1. The molecule has 1 amide bonds. The van der Waals surface area contributed by atoms with Crippen molar-refractivity contribution in [3.05, 3.63) is 257 Å². The Balaban J connectivity index is 1.38. The SMILES string of the molecule is CC(=O)OC(c1ccon1)C1C(=O)N(C(C(=O)OCc2ccc([N+](=O)[O-])cc2)=P(c2ccccc2)(c2ccccc2)c2ccccc2)C1SC(c1ccccc1)(c1ccccc1)c1ccccc1. The second-order valence-corrected chi connectivity index (χ2v) is 20.6. The molecular formula is C55H44N3O8PS. The maximum Gasteiger partial charge on any atom is 0.356 e. The number of hydrogen-bond acceptors (Lipinski definition) is 10. The van der Waals surface area contributed by atoms with Crippen molar-refractivity contribution in [3.63, 3.8) is 0 Å². The Bertz CT molecular complexity index is 2870. The highest BCUT2D eigenvalue weighted by Crippen LogP contribution is 2.59. The summed E-state index contributed by atoms with van der Waals surface area (Å²) >= 11 is 1.46. The summed E-state index contributed by atoms with van der Waals surface area (Å²) in [6.45, 7) is -2.47. The summed E-state index contributed by atoms with van der Waals surface area (Å²) in [7, 11) is 0. The minimum absolute atomic E-state index is 0.0894. The number of ether oxygens (including phenoxy) is 2. The van der Waals surface area contributed by atoms with Crippen LogP contribution in [-0.2, 0) is 35.2 Å². The van der Waals surface area contributed by atoms with Crippen molar-refractivity contribution in [1.29, 1.82) is 0 Å². The minimum Gasteiger partial charge on any atom is -0.456 e. The number of hydrogen-bond donors (Lipinski definition) is 0. The van der Waals surface area contributed by atoms with Gasteiger partial charge in [0.1, 0.15) is 35.3 Å². The Morgan fingerprint density at radius 1 is 0.691 bits per heavy atom. The van der Waals surface area contributed by atoms with Crippen molar-refractivity contribution in [3.8, 4) is 0 Å². The van der Waals surface area contributed by atoms with Crippen LogP contribution in [0.3, 0.4) is 0 Å². The third kappa shape index (κ3) is 8.56. The van der Waals surface area contributed by atoms with Gasteiger partial charge >= 0.3 is 11.9 Å². The van der Waals surface area contributed by atoms with Gasteiger partial charge in [-0.1, -0.05) is 187 Å². The first-order valence-corrected chi connectivity index (χ1v) is 24.5. The zero-order chi connectivity index (χ0) is 47.1. The predicted octanol–water partition coefficient (Wildman–Crippen LogP) is 9.56. The van der Waals surface area contributed by atoms with E-state index in [1.54, 1.807) is 11.0 Å². The van der Waals surface area contributed by atoms with E-state index in [0.717, 1.165) is 32.6 Å². The Morgan fingerprint density at radius 3 is 1.53 bits per heavy atom. The number of aromatic nitrogens is 1. The molecule has 0 N–H and O–H groups in total. The lowest BCUT2D eigenvalue weighted by atomic mass is 9.84. The zero-order valence-electron chi connectivity index (χ0n) is 36.7. The molecule has 0 radical (unpaired) electrons. The van der Waals surface area contributed by atoms with Gasteiger partial charge in [-0.2, -0.15) is 0 Å². The second kappa shape index (κ2) is 20.0. The van der Waals surface area contributed by atoms with E-state index in [1.807, 2.05) is 182 Å². The largest absolute Gasteiger partial charge is 0.456 e. The monoisotopic (exact) mass is 937 g/mol. The van der Waals surface area contributed by atoms with Gasteiger partial charge in [-0.05, 0) is 50.3 Å². The number of nitrogens with zero attached hydrogens (tertiary/aromatic N) is 3. The highest BCUT2D eigenvalue weighted by molar-refractivity contribution is 8.01. The highest BCUT2D eigenvalue weighted by Gasteiger charge is 2.61. The van der Waals surface area contributed by atoms with Gasteiger partial charge in [-0.15, -0.1) is 11.8 Å². The third-order valence-corrected chi connectivity index (χ3v) is 18.0. The Hall–Kier alpha value is -7.79. The van der Waals surface area contributed by atoms with Gasteiger partial charge in [0.05, 0.1) is 9.67 Å². The molecular weight excluding hydrogens is 894 g/mol. The fourth-order valence-electron chi connectivity index (χ4n) is 8.98. The third-order valence-electron chi connectivity index (χ3n) is 12.0. The first-order chi connectivity index (χ1) is 33.2. The van der Waals surface area contributed by atoms with E-state index in [2.05, 4.69) is 5.16 Å². The van der Waals surface area contributed by atoms with Crippen LogP contribution < -0.4 is 15.9 Å². The summed E-state index contributed by atoms with van der Waals surface area (Å²) in [6, 6.07) is 66.3. The lowest BCUT2D eigenvalue weighted by molar-refractivity contribution is -0.384. The molecule has 3 unspecified atom stereocenters. The molecule has 338 valence electrons. The van der Waals surface area contributed by atoms with Crippen LogP contribution in [0.15, 0.2) is 223 Å². The predicted molar refractivity (Wildman–Crippen MR) is 265 cm³/mol. The van der Waals surface area contributed by atoms with Gasteiger partial charge in [0.25, 0.3) is 5.69 Å². The number of amides is 1. The van der Waals surface area contributed by atoms with E-state index >= 15 is 9.59 Å². The van der Waals surface area contributed by atoms with Crippen molar-refractivity contribution in [2.45, 2.75) is 29.8 Å². The van der Waals surface area contributed by atoms with E-state index in [9.17, 15) is 14.9 Å². The van der Waals surface area contributed by atoms with Crippen LogP contribution in [0.1, 0.15) is 41.0 Å². The molecule has 1 aliphatic rings. The normalized spacial score (nSPS) is 15.1. The molecule has 2 heterocycles. The fourth-order valence-corrected chi connectivity index (χ4v) is 15.3. The number of rotatable bonds is 16. The summed E-state index contributed by atoms with van der Waals surface area (Å²) in [5.74, 6) is -3.04. The number of likely N-dealkylation sites (tertiary alicyclic amines) is 1. The van der Waals surface area contributed by atoms with Crippen LogP contribution >= 0.6 is 18.6 Å². The van der Waals surface area contributed by atoms with Crippen LogP contribution in [-0.4, -0.2) is 43.6 Å². The molecule has 7 aromatic carbocycles. The van der Waals surface area contributed by atoms with Crippen molar-refractivity contribution in [2.75, 3.05) is 0 Å². The Labute approximate surface area is 397 Å². The summed E-state index contributed by atoms with van der Waals surface area (Å²) in [6.07, 6.45) is 0.129. The standard InChI is InChI=1S/C55H44N3O8PS/c1-39(59)66-50(48-36-37-65-56-48)49-51(60)57(53(49)68-55(41-20-8-2-9-21-41,42-22-10-3-11-23-42)43-24-12-4-13-25-43)52(54(61)64-38-40-32-34-44(35-33-40)58(62)63)67(45-26-14-5-15-27-45,46-28-16-6-17-29-46)47-30-18-7-19-31-47/h2-37,49-50,53H,38H2,1H3. The highest BCUT2D eigenvalue weighted by atomic mass is 32.2. The van der Waals surface area contributed by atoms with Gasteiger partial charge in [-0.25, -0.2) is 4.79 Å². The van der Waals surface area contributed by atoms with Crippen LogP contribution in [0.25, 0.3) is 0 Å². The van der Waals surface area contributed by atoms with Crippen molar-refractivity contribution < 1.29 is 33.3 Å².